The lowest BCUT2D eigenvalue weighted by Crippen LogP contribution is -2.20. The van der Waals surface area contributed by atoms with Crippen LogP contribution in [0.25, 0.3) is 6.08 Å². The van der Waals surface area contributed by atoms with Crippen LogP contribution >= 0.6 is 0 Å². The van der Waals surface area contributed by atoms with E-state index in [2.05, 4.69) is 0 Å². The van der Waals surface area contributed by atoms with Gasteiger partial charge in [-0.2, -0.15) is 0 Å². The van der Waals surface area contributed by atoms with Crippen molar-refractivity contribution in [3.63, 3.8) is 0 Å². The van der Waals surface area contributed by atoms with Crippen molar-refractivity contribution in [3.8, 4) is 5.75 Å². The van der Waals surface area contributed by atoms with Gasteiger partial charge in [-0.1, -0.05) is 18.2 Å². The Kier molecular flexibility index (Phi) is 3.03. The van der Waals surface area contributed by atoms with E-state index in [-0.39, 0.29) is 11.9 Å². The lowest BCUT2D eigenvalue weighted by molar-refractivity contribution is -0.118. The fourth-order valence-electron chi connectivity index (χ4n) is 1.73. The van der Waals surface area contributed by atoms with Crippen molar-refractivity contribution in [2.75, 3.05) is 7.11 Å². The number of methoxy groups -OCH3 is 1. The minimum absolute atomic E-state index is 0.00379. The molecule has 1 saturated heterocycles. The molecule has 0 amide bonds. The first kappa shape index (κ1) is 11.9. The van der Waals surface area contributed by atoms with Gasteiger partial charge in [-0.15, -0.1) is 0 Å². The summed E-state index contributed by atoms with van der Waals surface area (Å²) in [6, 6.07) is 7.57. The zero-order valence-corrected chi connectivity index (χ0v) is 10.3. The van der Waals surface area contributed by atoms with Gasteiger partial charge in [0.25, 0.3) is 0 Å². The second-order valence-corrected chi connectivity index (χ2v) is 4.31. The van der Waals surface area contributed by atoms with E-state index in [1.54, 1.807) is 19.3 Å². The first-order chi connectivity index (χ1) is 8.08. The van der Waals surface area contributed by atoms with Crippen molar-refractivity contribution < 1.29 is 14.3 Å². The van der Waals surface area contributed by atoms with Crippen LogP contribution in [-0.4, -0.2) is 24.6 Å². The second-order valence-electron chi connectivity index (χ2n) is 4.31. The Morgan fingerprint density at radius 3 is 2.71 bits per heavy atom. The molecule has 0 N–H and O–H groups in total. The summed E-state index contributed by atoms with van der Waals surface area (Å²) in [5.41, 5.74) is 0.263. The van der Waals surface area contributed by atoms with Crippen molar-refractivity contribution in [3.05, 3.63) is 35.9 Å². The first-order valence-electron chi connectivity index (χ1n) is 5.61. The van der Waals surface area contributed by atoms with E-state index < -0.39 is 5.60 Å². The number of carbonyl (C=O) groups excluding carboxylic acids is 1. The standard InChI is InChI=1S/C14H16O3/c1-10-14(2,17-10)13(15)9-8-11-6-4-5-7-12(11)16-3/h4-10H,1-3H3/t10-,14+/m1/s1. The van der Waals surface area contributed by atoms with Gasteiger partial charge in [0.2, 0.25) is 0 Å². The number of ether oxygens (including phenoxy) is 2. The Morgan fingerprint density at radius 1 is 1.47 bits per heavy atom. The molecule has 3 heteroatoms. The molecule has 2 atom stereocenters. The molecule has 0 aliphatic carbocycles. The summed E-state index contributed by atoms with van der Waals surface area (Å²) in [7, 11) is 1.61. The van der Waals surface area contributed by atoms with Gasteiger partial charge in [0.05, 0.1) is 13.2 Å². The number of carbonyl (C=O) groups is 1. The number of benzene rings is 1. The number of epoxide rings is 1. The van der Waals surface area contributed by atoms with E-state index in [0.29, 0.717) is 0 Å². The predicted octanol–water partition coefficient (Wildman–Crippen LogP) is 2.45. The van der Waals surface area contributed by atoms with Crippen LogP contribution in [0.3, 0.4) is 0 Å². The molecule has 0 radical (unpaired) electrons. The molecule has 1 heterocycles. The highest BCUT2D eigenvalue weighted by atomic mass is 16.6. The largest absolute Gasteiger partial charge is 0.496 e. The zero-order chi connectivity index (χ0) is 12.5. The van der Waals surface area contributed by atoms with Crippen LogP contribution in [0, 0.1) is 0 Å². The van der Waals surface area contributed by atoms with Gasteiger partial charge in [-0.3, -0.25) is 4.79 Å². The summed E-state index contributed by atoms with van der Waals surface area (Å²) >= 11 is 0. The van der Waals surface area contributed by atoms with E-state index in [0.717, 1.165) is 11.3 Å². The summed E-state index contributed by atoms with van der Waals surface area (Å²) in [5, 5.41) is 0. The topological polar surface area (TPSA) is 38.8 Å². The molecule has 1 aliphatic heterocycles. The normalized spacial score (nSPS) is 27.1. The minimum Gasteiger partial charge on any atom is -0.496 e. The molecule has 0 aromatic heterocycles. The van der Waals surface area contributed by atoms with Crippen LogP contribution in [0.5, 0.6) is 5.75 Å². The average Bonchev–Trinajstić information content (AvgIpc) is 2.96. The molecule has 3 nitrogen and oxygen atoms in total. The first-order valence-corrected chi connectivity index (χ1v) is 5.61. The third-order valence-electron chi connectivity index (χ3n) is 3.18. The fraction of sp³-hybridized carbons (Fsp3) is 0.357. The average molecular weight is 232 g/mol. The molecule has 0 unspecified atom stereocenters. The van der Waals surface area contributed by atoms with E-state index in [4.69, 9.17) is 9.47 Å². The zero-order valence-electron chi connectivity index (χ0n) is 10.3. The van der Waals surface area contributed by atoms with E-state index in [9.17, 15) is 4.79 Å². The Balaban J connectivity index is 2.13. The van der Waals surface area contributed by atoms with E-state index >= 15 is 0 Å². The Labute approximate surface area is 101 Å². The summed E-state index contributed by atoms with van der Waals surface area (Å²) < 4.78 is 10.5. The molecule has 1 aromatic rings. The van der Waals surface area contributed by atoms with Gasteiger partial charge >= 0.3 is 0 Å². The second kappa shape index (κ2) is 4.34. The molecule has 1 aromatic carbocycles. The number of rotatable bonds is 4. The Hall–Kier alpha value is -1.61. The quantitative estimate of drug-likeness (QED) is 0.591. The minimum atomic E-state index is -0.626. The third-order valence-corrected chi connectivity index (χ3v) is 3.18. The third kappa shape index (κ3) is 2.24. The van der Waals surface area contributed by atoms with Crippen LogP contribution in [0.2, 0.25) is 0 Å². The number of ketones is 1. The van der Waals surface area contributed by atoms with Crippen molar-refractivity contribution in [1.29, 1.82) is 0 Å². The molecule has 2 rings (SSSR count). The lowest BCUT2D eigenvalue weighted by atomic mass is 10.0. The molecule has 0 saturated carbocycles. The molecule has 1 fully saturated rings. The highest BCUT2D eigenvalue weighted by Crippen LogP contribution is 2.36. The summed E-state index contributed by atoms with van der Waals surface area (Å²) in [5.74, 6) is 0.752. The summed E-state index contributed by atoms with van der Waals surface area (Å²) in [6.45, 7) is 3.71. The monoisotopic (exact) mass is 232 g/mol. The lowest BCUT2D eigenvalue weighted by Gasteiger charge is -2.03. The van der Waals surface area contributed by atoms with Crippen LogP contribution < -0.4 is 4.74 Å². The van der Waals surface area contributed by atoms with Crippen LogP contribution in [0.1, 0.15) is 19.4 Å². The van der Waals surface area contributed by atoms with Gasteiger partial charge < -0.3 is 9.47 Å². The number of para-hydroxylation sites is 1. The van der Waals surface area contributed by atoms with Crippen LogP contribution in [0.15, 0.2) is 30.3 Å². The Bertz CT molecular complexity index is 464. The van der Waals surface area contributed by atoms with Crippen molar-refractivity contribution in [1.82, 2.24) is 0 Å². The summed E-state index contributed by atoms with van der Waals surface area (Å²) in [4.78, 5) is 11.9. The molecular weight excluding hydrogens is 216 g/mol. The van der Waals surface area contributed by atoms with Crippen LogP contribution in [0.4, 0.5) is 0 Å². The highest BCUT2D eigenvalue weighted by Gasteiger charge is 2.54. The van der Waals surface area contributed by atoms with Crippen LogP contribution in [-0.2, 0) is 9.53 Å². The number of hydrogen-bond donors (Lipinski definition) is 0. The van der Waals surface area contributed by atoms with E-state index in [1.807, 2.05) is 38.1 Å². The maximum atomic E-state index is 11.9. The van der Waals surface area contributed by atoms with Gasteiger partial charge in [0, 0.05) is 5.56 Å². The molecule has 0 bridgehead atoms. The molecule has 90 valence electrons. The molecule has 1 aliphatic rings. The molecule has 0 spiro atoms. The maximum absolute atomic E-state index is 11.9. The van der Waals surface area contributed by atoms with Crippen molar-refractivity contribution in [2.45, 2.75) is 25.6 Å². The highest BCUT2D eigenvalue weighted by molar-refractivity contribution is 6.02. The van der Waals surface area contributed by atoms with Crippen molar-refractivity contribution in [2.24, 2.45) is 0 Å². The van der Waals surface area contributed by atoms with Gasteiger partial charge in [0.15, 0.2) is 11.4 Å². The maximum Gasteiger partial charge on any atom is 0.189 e. The number of hydrogen-bond acceptors (Lipinski definition) is 3. The molecular formula is C14H16O3. The molecule has 17 heavy (non-hydrogen) atoms. The van der Waals surface area contributed by atoms with E-state index in [1.165, 1.54) is 0 Å². The Morgan fingerprint density at radius 2 is 2.12 bits per heavy atom. The predicted molar refractivity (Wildman–Crippen MR) is 66.0 cm³/mol. The van der Waals surface area contributed by atoms with Crippen molar-refractivity contribution >= 4 is 11.9 Å². The fourth-order valence-corrected chi connectivity index (χ4v) is 1.73. The van der Waals surface area contributed by atoms with Gasteiger partial charge in [0.1, 0.15) is 5.75 Å². The van der Waals surface area contributed by atoms with Gasteiger partial charge in [-0.05, 0) is 32.1 Å². The SMILES string of the molecule is COc1ccccc1C=CC(=O)[C@@]1(C)O[C@@H]1C. The summed E-state index contributed by atoms with van der Waals surface area (Å²) in [6.07, 6.45) is 3.33. The van der Waals surface area contributed by atoms with Gasteiger partial charge in [-0.25, -0.2) is 0 Å². The smallest absolute Gasteiger partial charge is 0.189 e.